The van der Waals surface area contributed by atoms with Crippen molar-refractivity contribution in [3.05, 3.63) is 50.2 Å². The molecule has 2 fully saturated rings. The molecule has 2 aromatic rings. The second-order valence-corrected chi connectivity index (χ2v) is 8.75. The van der Waals surface area contributed by atoms with Gasteiger partial charge in [0, 0.05) is 32.5 Å². The monoisotopic (exact) mass is 466 g/mol. The summed E-state index contributed by atoms with van der Waals surface area (Å²) in [7, 11) is 2.78. The summed E-state index contributed by atoms with van der Waals surface area (Å²) in [5.41, 5.74) is -1.25. The number of benzene rings is 1. The van der Waals surface area contributed by atoms with E-state index >= 15 is 0 Å². The van der Waals surface area contributed by atoms with E-state index in [9.17, 15) is 29.1 Å². The number of nitrogens with zero attached hydrogens (tertiary/aromatic N) is 4. The third-order valence-electron chi connectivity index (χ3n) is 6.91. The number of H-pyrrole nitrogens is 2. The summed E-state index contributed by atoms with van der Waals surface area (Å²) >= 11 is 0. The molecule has 5 rings (SSSR count). The third-order valence-corrected chi connectivity index (χ3v) is 6.91. The summed E-state index contributed by atoms with van der Waals surface area (Å²) in [6, 6.07) is 4.28. The highest BCUT2D eigenvalue weighted by Crippen LogP contribution is 2.49. The molecule has 34 heavy (non-hydrogen) atoms. The zero-order chi connectivity index (χ0) is 24.4. The molecule has 12 heteroatoms. The Labute approximate surface area is 192 Å². The average molecular weight is 466 g/mol. The molecule has 0 bridgehead atoms. The van der Waals surface area contributed by atoms with Gasteiger partial charge in [-0.15, -0.1) is 0 Å². The highest BCUT2D eigenvalue weighted by molar-refractivity contribution is 6.20. The van der Waals surface area contributed by atoms with Crippen LogP contribution in [0.1, 0.15) is 24.0 Å². The van der Waals surface area contributed by atoms with Crippen LogP contribution < -0.4 is 16.1 Å². The van der Waals surface area contributed by atoms with Crippen molar-refractivity contribution in [3.63, 3.8) is 0 Å². The van der Waals surface area contributed by atoms with E-state index in [1.54, 1.807) is 12.1 Å². The fourth-order valence-corrected chi connectivity index (χ4v) is 5.33. The van der Waals surface area contributed by atoms with Crippen molar-refractivity contribution in [2.24, 2.45) is 10.4 Å². The lowest BCUT2D eigenvalue weighted by Crippen LogP contribution is -2.70. The maximum atomic E-state index is 13.4. The van der Waals surface area contributed by atoms with Gasteiger partial charge in [-0.25, -0.2) is 9.59 Å². The highest BCUT2D eigenvalue weighted by atomic mass is 16.3. The number of urea groups is 1. The normalized spacial score (nSPS) is 21.5. The lowest BCUT2D eigenvalue weighted by atomic mass is 9.68. The minimum absolute atomic E-state index is 0.108. The van der Waals surface area contributed by atoms with Gasteiger partial charge in [0.15, 0.2) is 5.41 Å². The summed E-state index contributed by atoms with van der Waals surface area (Å²) in [4.78, 5) is 74.8. The molecule has 1 spiro atoms. The minimum Gasteiger partial charge on any atom is -0.494 e. The number of aliphatic imine (C=N–C) groups is 1. The second-order valence-electron chi connectivity index (χ2n) is 8.75. The van der Waals surface area contributed by atoms with Crippen LogP contribution >= 0.6 is 0 Å². The van der Waals surface area contributed by atoms with Gasteiger partial charge in [-0.3, -0.25) is 39.1 Å². The number of barbiturate groups is 1. The lowest BCUT2D eigenvalue weighted by molar-refractivity contribution is -0.159. The molecule has 4 amide bonds. The number of fused-ring (bicyclic) bond motifs is 4. The van der Waals surface area contributed by atoms with Crippen LogP contribution in [-0.2, 0) is 16.0 Å². The maximum absolute atomic E-state index is 13.4. The fourth-order valence-electron chi connectivity index (χ4n) is 5.33. The molecule has 4 heterocycles. The minimum atomic E-state index is -1.42. The van der Waals surface area contributed by atoms with Crippen LogP contribution in [0.2, 0.25) is 0 Å². The number of anilines is 1. The highest BCUT2D eigenvalue weighted by Gasteiger charge is 2.63. The number of aromatic amines is 2. The summed E-state index contributed by atoms with van der Waals surface area (Å²) < 4.78 is 0. The average Bonchev–Trinajstić information content (AvgIpc) is 3.30. The molecule has 12 nitrogen and oxygen atoms in total. The fraction of sp³-hybridized carbons (Fsp3) is 0.364. The van der Waals surface area contributed by atoms with E-state index in [-0.39, 0.29) is 18.0 Å². The smallest absolute Gasteiger partial charge is 0.332 e. The van der Waals surface area contributed by atoms with Gasteiger partial charge in [0.25, 0.3) is 5.56 Å². The predicted molar refractivity (Wildman–Crippen MR) is 120 cm³/mol. The second kappa shape index (κ2) is 7.40. The van der Waals surface area contributed by atoms with Crippen molar-refractivity contribution >= 4 is 35.4 Å². The summed E-state index contributed by atoms with van der Waals surface area (Å²) in [5.74, 6) is -1.63. The number of hydrogen-bond donors (Lipinski definition) is 3. The molecule has 0 saturated carbocycles. The number of nitrogens with one attached hydrogen (secondary N) is 2. The first-order valence-corrected chi connectivity index (χ1v) is 10.7. The van der Waals surface area contributed by atoms with E-state index in [2.05, 4.69) is 14.9 Å². The van der Waals surface area contributed by atoms with Gasteiger partial charge in [-0.05, 0) is 43.0 Å². The number of aromatic nitrogens is 2. The van der Waals surface area contributed by atoms with Gasteiger partial charge in [-0.2, -0.15) is 0 Å². The van der Waals surface area contributed by atoms with Crippen molar-refractivity contribution in [3.8, 4) is 5.88 Å². The molecule has 3 aliphatic heterocycles. The maximum Gasteiger partial charge on any atom is 0.332 e. The molecule has 3 aliphatic rings. The Morgan fingerprint density at radius 3 is 2.47 bits per heavy atom. The molecule has 176 valence electrons. The molecule has 1 aromatic carbocycles. The van der Waals surface area contributed by atoms with Crippen LogP contribution in [0, 0.1) is 5.41 Å². The number of amides is 4. The number of aromatic hydroxyl groups is 1. The molecule has 0 radical (unpaired) electrons. The summed E-state index contributed by atoms with van der Waals surface area (Å²) in [6.07, 6.45) is 2.69. The van der Waals surface area contributed by atoms with Gasteiger partial charge in [0.2, 0.25) is 17.7 Å². The van der Waals surface area contributed by atoms with Crippen LogP contribution in [0.5, 0.6) is 5.88 Å². The van der Waals surface area contributed by atoms with Crippen LogP contribution in [0.4, 0.5) is 16.2 Å². The van der Waals surface area contributed by atoms with Crippen LogP contribution in [0.25, 0.3) is 0 Å². The number of carbonyl (C=O) groups is 3. The van der Waals surface area contributed by atoms with E-state index in [0.29, 0.717) is 24.2 Å². The van der Waals surface area contributed by atoms with Crippen LogP contribution in [-0.4, -0.2) is 75.6 Å². The predicted octanol–water partition coefficient (Wildman–Crippen LogP) is 0.0811. The first-order valence-electron chi connectivity index (χ1n) is 10.7. The van der Waals surface area contributed by atoms with E-state index < -0.39 is 40.4 Å². The van der Waals surface area contributed by atoms with Crippen molar-refractivity contribution in [2.45, 2.75) is 25.3 Å². The molecular weight excluding hydrogens is 444 g/mol. The van der Waals surface area contributed by atoms with Crippen molar-refractivity contribution in [2.75, 3.05) is 25.5 Å². The number of hydrogen-bond acceptors (Lipinski definition) is 8. The standard InChI is InChI=1S/C22H22N6O6/c1-26-18(31)22(19(32)27(2)21(26)34)9-11-8-12(5-6-14(11)28-7-3-4-15(22)28)23-10-13-16(29)24-20(33)25-17(13)30/h5-6,8,10,15H,3-4,7,9H2,1-2H3,(H3,24,25,29,30,33)/t15-/m1/s1. The molecule has 1 atom stereocenters. The van der Waals surface area contributed by atoms with Gasteiger partial charge in [0.1, 0.15) is 5.56 Å². The van der Waals surface area contributed by atoms with Crippen molar-refractivity contribution in [1.29, 1.82) is 0 Å². The van der Waals surface area contributed by atoms with Crippen molar-refractivity contribution in [1.82, 2.24) is 19.8 Å². The first kappa shape index (κ1) is 21.6. The number of rotatable bonds is 2. The largest absolute Gasteiger partial charge is 0.494 e. The first-order chi connectivity index (χ1) is 16.1. The Kier molecular flexibility index (Phi) is 4.71. The van der Waals surface area contributed by atoms with E-state index in [0.717, 1.165) is 28.1 Å². The van der Waals surface area contributed by atoms with Crippen LogP contribution in [0.15, 0.2) is 32.8 Å². The molecule has 2 saturated heterocycles. The zero-order valence-corrected chi connectivity index (χ0v) is 18.5. The van der Waals surface area contributed by atoms with Crippen molar-refractivity contribution < 1.29 is 19.5 Å². The molecule has 0 aliphatic carbocycles. The Morgan fingerprint density at radius 1 is 1.09 bits per heavy atom. The Bertz CT molecular complexity index is 1370. The Hall–Kier alpha value is -4.22. The van der Waals surface area contributed by atoms with Gasteiger partial charge < -0.3 is 10.0 Å². The van der Waals surface area contributed by atoms with E-state index in [4.69, 9.17) is 0 Å². The Morgan fingerprint density at radius 2 is 1.79 bits per heavy atom. The van der Waals surface area contributed by atoms with E-state index in [1.165, 1.54) is 14.1 Å². The molecule has 1 aromatic heterocycles. The Balaban J connectivity index is 1.58. The van der Waals surface area contributed by atoms with Gasteiger partial charge in [0.05, 0.1) is 11.7 Å². The molecule has 0 unspecified atom stereocenters. The molecular formula is C22H22N6O6. The van der Waals surface area contributed by atoms with Gasteiger partial charge >= 0.3 is 11.7 Å². The lowest BCUT2D eigenvalue weighted by Gasteiger charge is -2.50. The van der Waals surface area contributed by atoms with Gasteiger partial charge in [-0.1, -0.05) is 0 Å². The zero-order valence-electron chi connectivity index (χ0n) is 18.5. The third kappa shape index (κ3) is 2.91. The summed E-state index contributed by atoms with van der Waals surface area (Å²) in [5, 5.41) is 9.86. The molecule has 3 N–H and O–H groups in total. The SMILES string of the molecule is CN1C(=O)N(C)C(=O)C2(Cc3cc(N=Cc4c(O)[nH]c(=O)[nH]c4=O)ccc3N3CCC[C@@H]32)C1=O. The topological polar surface area (TPSA) is 159 Å². The number of imide groups is 2. The van der Waals surface area contributed by atoms with E-state index in [1.807, 2.05) is 11.1 Å². The number of carbonyl (C=O) groups excluding carboxylic acids is 3. The quantitative estimate of drug-likeness (QED) is 0.417. The van der Waals surface area contributed by atoms with Crippen LogP contribution in [0.3, 0.4) is 0 Å². The summed E-state index contributed by atoms with van der Waals surface area (Å²) in [6.45, 7) is 0.671.